The van der Waals surface area contributed by atoms with Crippen LogP contribution in [0.3, 0.4) is 0 Å². The number of rotatable bonds is 3. The van der Waals surface area contributed by atoms with Gasteiger partial charge in [-0.2, -0.15) is 0 Å². The molecule has 2 aromatic carbocycles. The van der Waals surface area contributed by atoms with Crippen LogP contribution in [-0.2, 0) is 0 Å². The molecule has 2 nitrogen and oxygen atoms in total. The Morgan fingerprint density at radius 2 is 2.00 bits per heavy atom. The second kappa shape index (κ2) is 6.41. The molecule has 0 bridgehead atoms. The summed E-state index contributed by atoms with van der Waals surface area (Å²) in [4.78, 5) is 14.5. The second-order valence-corrected chi connectivity index (χ2v) is 5.56. The van der Waals surface area contributed by atoms with E-state index >= 15 is 0 Å². The van der Waals surface area contributed by atoms with Gasteiger partial charge in [0, 0.05) is 15.9 Å². The molecule has 1 amide bonds. The molecule has 0 aliphatic carbocycles. The van der Waals surface area contributed by atoms with Crippen LogP contribution >= 0.6 is 28.6 Å². The highest BCUT2D eigenvalue weighted by molar-refractivity contribution is 9.10. The van der Waals surface area contributed by atoms with Gasteiger partial charge >= 0.3 is 0 Å². The molecule has 0 atom stereocenters. The van der Waals surface area contributed by atoms with Gasteiger partial charge in [-0.3, -0.25) is 4.79 Å². The van der Waals surface area contributed by atoms with E-state index in [9.17, 15) is 9.18 Å². The molecule has 0 heterocycles. The smallest absolute Gasteiger partial charge is 0.259 e. The Morgan fingerprint density at radius 3 is 2.60 bits per heavy atom. The van der Waals surface area contributed by atoms with Crippen LogP contribution in [0.4, 0.5) is 10.1 Å². The van der Waals surface area contributed by atoms with Gasteiger partial charge in [0.05, 0.1) is 11.3 Å². The van der Waals surface area contributed by atoms with Crippen molar-refractivity contribution in [3.63, 3.8) is 0 Å². The summed E-state index contributed by atoms with van der Waals surface area (Å²) in [5.41, 5.74) is 0.720. The van der Waals surface area contributed by atoms with Gasteiger partial charge in [0.1, 0.15) is 5.82 Å². The summed E-state index contributed by atoms with van der Waals surface area (Å²) in [5, 5.41) is 0. The number of carbonyl (C=O) groups excluding carboxylic acids is 1. The van der Waals surface area contributed by atoms with Gasteiger partial charge in [-0.15, -0.1) is 12.6 Å². The second-order valence-electron chi connectivity index (χ2n) is 4.16. The van der Waals surface area contributed by atoms with Gasteiger partial charge < -0.3 is 4.90 Å². The Kier molecular flexibility index (Phi) is 4.83. The van der Waals surface area contributed by atoms with Crippen LogP contribution in [0.15, 0.2) is 51.8 Å². The van der Waals surface area contributed by atoms with Gasteiger partial charge in [0.25, 0.3) is 5.91 Å². The number of benzene rings is 2. The average Bonchev–Trinajstić information content (AvgIpc) is 2.41. The van der Waals surface area contributed by atoms with E-state index in [-0.39, 0.29) is 11.6 Å². The third kappa shape index (κ3) is 3.04. The number of anilines is 1. The molecule has 0 aliphatic heterocycles. The molecule has 0 saturated carbocycles. The molecule has 2 aromatic rings. The molecule has 20 heavy (non-hydrogen) atoms. The lowest BCUT2D eigenvalue weighted by Gasteiger charge is -2.22. The average molecular weight is 354 g/mol. The van der Waals surface area contributed by atoms with Crippen LogP contribution < -0.4 is 4.90 Å². The first-order chi connectivity index (χ1) is 9.54. The van der Waals surface area contributed by atoms with Crippen LogP contribution in [0.5, 0.6) is 0 Å². The minimum atomic E-state index is -0.416. The quantitative estimate of drug-likeness (QED) is 0.803. The zero-order valence-corrected chi connectivity index (χ0v) is 13.3. The predicted molar refractivity (Wildman–Crippen MR) is 85.1 cm³/mol. The lowest BCUT2D eigenvalue weighted by atomic mass is 10.1. The van der Waals surface area contributed by atoms with E-state index in [1.54, 1.807) is 43.3 Å². The Labute approximate surface area is 131 Å². The summed E-state index contributed by atoms with van der Waals surface area (Å²) in [6, 6.07) is 11.4. The van der Waals surface area contributed by atoms with Crippen LogP contribution in [-0.4, -0.2) is 12.5 Å². The van der Waals surface area contributed by atoms with Crippen molar-refractivity contribution in [2.45, 2.75) is 11.8 Å². The minimum absolute atomic E-state index is 0.268. The number of hydrogen-bond acceptors (Lipinski definition) is 2. The molecule has 5 heteroatoms. The molecule has 0 saturated heterocycles. The molecule has 0 N–H and O–H groups in total. The maximum absolute atomic E-state index is 13.8. The van der Waals surface area contributed by atoms with E-state index in [0.29, 0.717) is 17.0 Å². The molecule has 2 rings (SSSR count). The van der Waals surface area contributed by atoms with Crippen molar-refractivity contribution >= 4 is 40.2 Å². The third-order valence-corrected chi connectivity index (χ3v) is 3.76. The Bertz CT molecular complexity index is 648. The lowest BCUT2D eigenvalue weighted by Crippen LogP contribution is -2.31. The van der Waals surface area contributed by atoms with E-state index in [1.165, 1.54) is 11.0 Å². The van der Waals surface area contributed by atoms with Crippen LogP contribution in [0.1, 0.15) is 17.3 Å². The first-order valence-electron chi connectivity index (χ1n) is 6.09. The van der Waals surface area contributed by atoms with Crippen molar-refractivity contribution in [1.82, 2.24) is 0 Å². The predicted octanol–water partition coefficient (Wildman–Crippen LogP) is 4.54. The molecular formula is C15H13BrFNOS. The maximum atomic E-state index is 13.8. The normalized spacial score (nSPS) is 10.4. The molecule has 0 aromatic heterocycles. The van der Waals surface area contributed by atoms with E-state index in [0.717, 1.165) is 4.47 Å². The molecule has 0 unspecified atom stereocenters. The van der Waals surface area contributed by atoms with Gasteiger partial charge in [-0.1, -0.05) is 28.1 Å². The summed E-state index contributed by atoms with van der Waals surface area (Å²) >= 11 is 7.63. The zero-order chi connectivity index (χ0) is 14.7. The van der Waals surface area contributed by atoms with Gasteiger partial charge in [0.15, 0.2) is 0 Å². The summed E-state index contributed by atoms with van der Waals surface area (Å²) in [7, 11) is 0. The Balaban J connectivity index is 2.42. The summed E-state index contributed by atoms with van der Waals surface area (Å²) in [6.07, 6.45) is 0. The summed E-state index contributed by atoms with van der Waals surface area (Å²) < 4.78 is 14.7. The van der Waals surface area contributed by atoms with Crippen molar-refractivity contribution < 1.29 is 9.18 Å². The SMILES string of the molecule is CCN(C(=O)c1ccc(Br)cc1S)c1ccccc1F. The van der Waals surface area contributed by atoms with Crippen LogP contribution in [0.2, 0.25) is 0 Å². The molecular weight excluding hydrogens is 341 g/mol. The highest BCUT2D eigenvalue weighted by Crippen LogP contribution is 2.25. The fraction of sp³-hybridized carbons (Fsp3) is 0.133. The summed E-state index contributed by atoms with van der Waals surface area (Å²) in [5.74, 6) is -0.685. The lowest BCUT2D eigenvalue weighted by molar-refractivity contribution is 0.0984. The summed E-state index contributed by atoms with van der Waals surface area (Å²) in [6.45, 7) is 2.18. The van der Waals surface area contributed by atoms with Gasteiger partial charge in [0.2, 0.25) is 0 Å². The third-order valence-electron chi connectivity index (χ3n) is 2.89. The number of thiol groups is 1. The van der Waals surface area contributed by atoms with Crippen LogP contribution in [0.25, 0.3) is 0 Å². The highest BCUT2D eigenvalue weighted by Gasteiger charge is 2.20. The number of carbonyl (C=O) groups is 1. The Morgan fingerprint density at radius 1 is 1.30 bits per heavy atom. The number of hydrogen-bond donors (Lipinski definition) is 1. The van der Waals surface area contributed by atoms with Crippen molar-refractivity contribution in [2.24, 2.45) is 0 Å². The topological polar surface area (TPSA) is 20.3 Å². The fourth-order valence-electron chi connectivity index (χ4n) is 1.93. The maximum Gasteiger partial charge on any atom is 0.259 e. The van der Waals surface area contributed by atoms with Crippen molar-refractivity contribution in [2.75, 3.05) is 11.4 Å². The molecule has 0 spiro atoms. The van der Waals surface area contributed by atoms with Crippen LogP contribution in [0, 0.1) is 5.82 Å². The number of amides is 1. The minimum Gasteiger partial charge on any atom is -0.306 e. The standard InChI is InChI=1S/C15H13BrFNOS/c1-2-18(13-6-4-3-5-12(13)17)15(19)11-8-7-10(16)9-14(11)20/h3-9,20H,2H2,1H3. The van der Waals surface area contributed by atoms with Crippen molar-refractivity contribution in [3.05, 3.63) is 58.3 Å². The van der Waals surface area contributed by atoms with Gasteiger partial charge in [-0.25, -0.2) is 4.39 Å². The first kappa shape index (κ1) is 15.1. The van der Waals surface area contributed by atoms with E-state index in [1.807, 2.05) is 0 Å². The van der Waals surface area contributed by atoms with E-state index < -0.39 is 5.82 Å². The number of nitrogens with zero attached hydrogens (tertiary/aromatic N) is 1. The van der Waals surface area contributed by atoms with Gasteiger partial charge in [-0.05, 0) is 37.3 Å². The first-order valence-corrected chi connectivity index (χ1v) is 7.33. The molecule has 0 fully saturated rings. The van der Waals surface area contributed by atoms with Crippen molar-refractivity contribution in [3.8, 4) is 0 Å². The largest absolute Gasteiger partial charge is 0.306 e. The van der Waals surface area contributed by atoms with E-state index in [4.69, 9.17) is 0 Å². The highest BCUT2D eigenvalue weighted by atomic mass is 79.9. The number of halogens is 2. The molecule has 0 aliphatic rings. The Hall–Kier alpha value is -1.33. The van der Waals surface area contributed by atoms with Crippen molar-refractivity contribution in [1.29, 1.82) is 0 Å². The monoisotopic (exact) mass is 353 g/mol. The zero-order valence-electron chi connectivity index (χ0n) is 10.8. The number of para-hydroxylation sites is 1. The van der Waals surface area contributed by atoms with E-state index in [2.05, 4.69) is 28.6 Å². The molecule has 0 radical (unpaired) electrons. The fourth-order valence-corrected chi connectivity index (χ4v) is 2.77. The molecule has 104 valence electrons.